The van der Waals surface area contributed by atoms with Gasteiger partial charge in [0.05, 0.1) is 12.4 Å². The van der Waals surface area contributed by atoms with Gasteiger partial charge in [-0.25, -0.2) is 14.8 Å². The van der Waals surface area contributed by atoms with E-state index in [-0.39, 0.29) is 11.4 Å². The van der Waals surface area contributed by atoms with Crippen molar-refractivity contribution in [1.82, 2.24) is 9.97 Å². The summed E-state index contributed by atoms with van der Waals surface area (Å²) in [7, 11) is 0. The third-order valence-electron chi connectivity index (χ3n) is 4.21. The molecule has 0 saturated heterocycles. The van der Waals surface area contributed by atoms with Crippen LogP contribution in [0.1, 0.15) is 47.3 Å². The van der Waals surface area contributed by atoms with Crippen molar-refractivity contribution in [2.24, 2.45) is 0 Å². The molecule has 1 aromatic heterocycles. The van der Waals surface area contributed by atoms with E-state index in [2.05, 4.69) is 25.9 Å². The van der Waals surface area contributed by atoms with Crippen LogP contribution in [0, 0.1) is 6.92 Å². The summed E-state index contributed by atoms with van der Waals surface area (Å²) < 4.78 is 5.20. The molecule has 0 fully saturated rings. The topological polar surface area (TPSA) is 122 Å². The first kappa shape index (κ1) is 23.4. The molecule has 3 amide bonds. The van der Waals surface area contributed by atoms with Gasteiger partial charge in [0.15, 0.2) is 0 Å². The highest BCUT2D eigenvalue weighted by molar-refractivity contribution is 6.04. The van der Waals surface area contributed by atoms with Crippen molar-refractivity contribution in [3.63, 3.8) is 0 Å². The molecule has 2 aromatic carbocycles. The standard InChI is InChI=1S/C24H25N5O4/c1-15-5-7-16(8-6-15)27-21(30)19-13-26-20(14-25-19)22(31)28-17-9-11-18(12-10-17)29-23(32)33-24(2,3)4/h5-14H,1-4H3,(H,27,30)(H,28,31)(H,29,32). The van der Waals surface area contributed by atoms with Crippen LogP contribution in [0.2, 0.25) is 0 Å². The molecule has 0 atom stereocenters. The Hall–Kier alpha value is -4.27. The van der Waals surface area contributed by atoms with E-state index in [1.165, 1.54) is 12.4 Å². The zero-order chi connectivity index (χ0) is 24.0. The number of ether oxygens (including phenoxy) is 1. The Bertz CT molecular complexity index is 1140. The second kappa shape index (κ2) is 9.90. The maximum atomic E-state index is 12.4. The van der Waals surface area contributed by atoms with Crippen LogP contribution in [0.15, 0.2) is 60.9 Å². The Kier molecular flexibility index (Phi) is 7.02. The highest BCUT2D eigenvalue weighted by Crippen LogP contribution is 2.16. The van der Waals surface area contributed by atoms with Crippen molar-refractivity contribution in [3.05, 3.63) is 77.9 Å². The van der Waals surface area contributed by atoms with Gasteiger partial charge in [-0.1, -0.05) is 17.7 Å². The monoisotopic (exact) mass is 447 g/mol. The van der Waals surface area contributed by atoms with E-state index < -0.39 is 23.5 Å². The third kappa shape index (κ3) is 7.13. The summed E-state index contributed by atoms with van der Waals surface area (Å²) in [5.74, 6) is -0.910. The van der Waals surface area contributed by atoms with Crippen LogP contribution in [-0.4, -0.2) is 33.5 Å². The lowest BCUT2D eigenvalue weighted by Gasteiger charge is -2.19. The number of aromatic nitrogens is 2. The van der Waals surface area contributed by atoms with Gasteiger partial charge < -0.3 is 15.4 Å². The minimum absolute atomic E-state index is 0.0536. The fourth-order valence-corrected chi connectivity index (χ4v) is 2.65. The van der Waals surface area contributed by atoms with Gasteiger partial charge in [-0.05, 0) is 64.1 Å². The Morgan fingerprint density at radius 3 is 1.48 bits per heavy atom. The minimum Gasteiger partial charge on any atom is -0.444 e. The van der Waals surface area contributed by atoms with Gasteiger partial charge >= 0.3 is 6.09 Å². The number of nitrogens with one attached hydrogen (secondary N) is 3. The molecule has 0 aliphatic carbocycles. The molecule has 1 heterocycles. The second-order valence-electron chi connectivity index (χ2n) is 8.27. The zero-order valence-corrected chi connectivity index (χ0v) is 18.8. The number of nitrogens with zero attached hydrogens (tertiary/aromatic N) is 2. The molecule has 0 radical (unpaired) electrons. The summed E-state index contributed by atoms with van der Waals surface area (Å²) in [6.07, 6.45) is 1.91. The third-order valence-corrected chi connectivity index (χ3v) is 4.21. The molecule has 9 nitrogen and oxygen atoms in total. The number of rotatable bonds is 5. The van der Waals surface area contributed by atoms with Crippen molar-refractivity contribution in [2.45, 2.75) is 33.3 Å². The summed E-state index contributed by atoms with van der Waals surface area (Å²) in [5, 5.41) is 8.02. The smallest absolute Gasteiger partial charge is 0.412 e. The number of amides is 3. The molecular formula is C24H25N5O4. The van der Waals surface area contributed by atoms with Crippen LogP contribution in [0.3, 0.4) is 0 Å². The van der Waals surface area contributed by atoms with Gasteiger partial charge in [-0.2, -0.15) is 0 Å². The number of anilines is 3. The normalized spacial score (nSPS) is 10.8. The molecule has 3 N–H and O–H groups in total. The van der Waals surface area contributed by atoms with E-state index in [4.69, 9.17) is 4.74 Å². The fraction of sp³-hybridized carbons (Fsp3) is 0.208. The Morgan fingerprint density at radius 1 is 0.697 bits per heavy atom. The number of hydrogen-bond acceptors (Lipinski definition) is 6. The summed E-state index contributed by atoms with van der Waals surface area (Å²) in [5.41, 5.74) is 2.28. The minimum atomic E-state index is -0.601. The lowest BCUT2D eigenvalue weighted by atomic mass is 10.2. The van der Waals surface area contributed by atoms with Crippen LogP contribution >= 0.6 is 0 Å². The molecule has 0 aliphatic rings. The van der Waals surface area contributed by atoms with Crippen molar-refractivity contribution in [1.29, 1.82) is 0 Å². The SMILES string of the molecule is Cc1ccc(NC(=O)c2cnc(C(=O)Nc3ccc(NC(=O)OC(C)(C)C)cc3)cn2)cc1. The molecule has 170 valence electrons. The summed E-state index contributed by atoms with van der Waals surface area (Å²) >= 11 is 0. The zero-order valence-electron chi connectivity index (χ0n) is 18.8. The molecule has 3 rings (SSSR count). The second-order valence-corrected chi connectivity index (χ2v) is 8.27. The Morgan fingerprint density at radius 2 is 1.09 bits per heavy atom. The maximum Gasteiger partial charge on any atom is 0.412 e. The summed E-state index contributed by atoms with van der Waals surface area (Å²) in [6, 6.07) is 13.9. The van der Waals surface area contributed by atoms with E-state index in [0.29, 0.717) is 17.1 Å². The lowest BCUT2D eigenvalue weighted by molar-refractivity contribution is 0.0635. The summed E-state index contributed by atoms with van der Waals surface area (Å²) in [6.45, 7) is 7.28. The lowest BCUT2D eigenvalue weighted by Crippen LogP contribution is -2.27. The van der Waals surface area contributed by atoms with Gasteiger partial charge in [-0.15, -0.1) is 0 Å². The highest BCUT2D eigenvalue weighted by Gasteiger charge is 2.16. The van der Waals surface area contributed by atoms with E-state index in [1.54, 1.807) is 57.2 Å². The van der Waals surface area contributed by atoms with Crippen LogP contribution in [0.4, 0.5) is 21.9 Å². The molecule has 0 spiro atoms. The number of carbonyl (C=O) groups is 3. The van der Waals surface area contributed by atoms with Gasteiger partial charge in [-0.3, -0.25) is 14.9 Å². The molecule has 33 heavy (non-hydrogen) atoms. The highest BCUT2D eigenvalue weighted by atomic mass is 16.6. The number of benzene rings is 2. The number of aryl methyl sites for hydroxylation is 1. The van der Waals surface area contributed by atoms with Gasteiger partial charge in [0.1, 0.15) is 17.0 Å². The van der Waals surface area contributed by atoms with Crippen molar-refractivity contribution in [2.75, 3.05) is 16.0 Å². The molecule has 0 unspecified atom stereocenters. The molecule has 9 heteroatoms. The van der Waals surface area contributed by atoms with Crippen molar-refractivity contribution >= 4 is 35.0 Å². The van der Waals surface area contributed by atoms with Crippen LogP contribution in [0.25, 0.3) is 0 Å². The van der Waals surface area contributed by atoms with Gasteiger partial charge in [0, 0.05) is 17.1 Å². The predicted octanol–water partition coefficient (Wildman–Crippen LogP) is 4.64. The predicted molar refractivity (Wildman–Crippen MR) is 125 cm³/mol. The van der Waals surface area contributed by atoms with E-state index in [0.717, 1.165) is 5.56 Å². The average Bonchev–Trinajstić information content (AvgIpc) is 2.75. The Labute approximate surface area is 191 Å². The van der Waals surface area contributed by atoms with Crippen LogP contribution < -0.4 is 16.0 Å². The van der Waals surface area contributed by atoms with Crippen molar-refractivity contribution in [3.8, 4) is 0 Å². The summed E-state index contributed by atoms with van der Waals surface area (Å²) in [4.78, 5) is 44.6. The number of hydrogen-bond donors (Lipinski definition) is 3. The molecule has 0 aliphatic heterocycles. The van der Waals surface area contributed by atoms with E-state index >= 15 is 0 Å². The molecular weight excluding hydrogens is 422 g/mol. The first-order valence-corrected chi connectivity index (χ1v) is 10.2. The maximum absolute atomic E-state index is 12.4. The first-order chi connectivity index (χ1) is 15.6. The van der Waals surface area contributed by atoms with Gasteiger partial charge in [0.2, 0.25) is 0 Å². The Balaban J connectivity index is 1.56. The largest absolute Gasteiger partial charge is 0.444 e. The molecule has 3 aromatic rings. The average molecular weight is 447 g/mol. The first-order valence-electron chi connectivity index (χ1n) is 10.2. The molecule has 0 saturated carbocycles. The van der Waals surface area contributed by atoms with Crippen LogP contribution in [-0.2, 0) is 4.74 Å². The van der Waals surface area contributed by atoms with Crippen LogP contribution in [0.5, 0.6) is 0 Å². The fourth-order valence-electron chi connectivity index (χ4n) is 2.65. The van der Waals surface area contributed by atoms with Crippen molar-refractivity contribution < 1.29 is 19.1 Å². The molecule has 0 bridgehead atoms. The number of carbonyl (C=O) groups excluding carboxylic acids is 3. The van der Waals surface area contributed by atoms with E-state index in [1.807, 2.05) is 19.1 Å². The quantitative estimate of drug-likeness (QED) is 0.524. The van der Waals surface area contributed by atoms with Gasteiger partial charge in [0.25, 0.3) is 11.8 Å². The van der Waals surface area contributed by atoms with E-state index in [9.17, 15) is 14.4 Å².